The smallest absolute Gasteiger partial charge is 0.338 e. The summed E-state index contributed by atoms with van der Waals surface area (Å²) in [6.07, 6.45) is -1.06. The minimum absolute atomic E-state index is 0.0703. The first kappa shape index (κ1) is 26.9. The fourth-order valence-electron chi connectivity index (χ4n) is 4.28. The summed E-state index contributed by atoms with van der Waals surface area (Å²) < 4.78 is 10.5. The zero-order chi connectivity index (χ0) is 28.4. The summed E-state index contributed by atoms with van der Waals surface area (Å²) in [5, 5.41) is 0. The Hall–Kier alpha value is -4.69. The number of esters is 1. The number of imide groups is 1. The van der Waals surface area contributed by atoms with Crippen molar-refractivity contribution in [2.75, 3.05) is 12.0 Å². The predicted molar refractivity (Wildman–Crippen MR) is 152 cm³/mol. The van der Waals surface area contributed by atoms with Crippen molar-refractivity contribution in [3.63, 3.8) is 0 Å². The molecule has 4 aromatic rings. The average molecular weight is 552 g/mol. The van der Waals surface area contributed by atoms with Crippen LogP contribution in [0.2, 0.25) is 0 Å². The molecule has 0 aliphatic carbocycles. The van der Waals surface area contributed by atoms with E-state index in [0.717, 1.165) is 14.7 Å². The molecule has 1 unspecified atom stereocenters. The molecule has 0 spiro atoms. The third-order valence-electron chi connectivity index (χ3n) is 6.50. The monoisotopic (exact) mass is 551 g/mol. The highest BCUT2D eigenvalue weighted by molar-refractivity contribution is 7.99. The van der Waals surface area contributed by atoms with Gasteiger partial charge in [-0.3, -0.25) is 14.4 Å². The lowest BCUT2D eigenvalue weighted by Gasteiger charge is -2.14. The molecule has 7 nitrogen and oxygen atoms in total. The van der Waals surface area contributed by atoms with E-state index in [2.05, 4.69) is 0 Å². The number of benzene rings is 4. The van der Waals surface area contributed by atoms with Crippen LogP contribution in [0.3, 0.4) is 0 Å². The summed E-state index contributed by atoms with van der Waals surface area (Å²) in [6, 6.07) is 26.0. The summed E-state index contributed by atoms with van der Waals surface area (Å²) in [6.45, 7) is 3.51. The zero-order valence-corrected chi connectivity index (χ0v) is 22.9. The van der Waals surface area contributed by atoms with Crippen LogP contribution in [-0.4, -0.2) is 36.8 Å². The third kappa shape index (κ3) is 5.39. The highest BCUT2D eigenvalue weighted by atomic mass is 32.2. The largest absolute Gasteiger partial charge is 0.497 e. The van der Waals surface area contributed by atoms with Gasteiger partial charge in [0.2, 0.25) is 5.78 Å². The van der Waals surface area contributed by atoms with Crippen LogP contribution in [0.15, 0.2) is 101 Å². The number of methoxy groups -OCH3 is 1. The number of carbonyl (C=O) groups excluding carboxylic acids is 4. The fraction of sp³-hybridized carbons (Fsp3) is 0.125. The summed E-state index contributed by atoms with van der Waals surface area (Å²) in [4.78, 5) is 55.0. The average Bonchev–Trinajstić information content (AvgIpc) is 3.23. The minimum Gasteiger partial charge on any atom is -0.497 e. The van der Waals surface area contributed by atoms with Gasteiger partial charge in [0.25, 0.3) is 11.8 Å². The van der Waals surface area contributed by atoms with Crippen molar-refractivity contribution in [2.45, 2.75) is 29.7 Å². The predicted octanol–water partition coefficient (Wildman–Crippen LogP) is 6.38. The number of nitrogens with zero attached hydrogens (tertiary/aromatic N) is 1. The second-order valence-electron chi connectivity index (χ2n) is 9.26. The number of anilines is 1. The second kappa shape index (κ2) is 11.2. The quantitative estimate of drug-likeness (QED) is 0.143. The van der Waals surface area contributed by atoms with Crippen LogP contribution >= 0.6 is 11.8 Å². The van der Waals surface area contributed by atoms with Crippen LogP contribution in [-0.2, 0) is 4.74 Å². The molecular formula is C32H25NO6S. The molecule has 200 valence electrons. The molecule has 0 radical (unpaired) electrons. The van der Waals surface area contributed by atoms with Crippen LogP contribution in [0.4, 0.5) is 5.69 Å². The van der Waals surface area contributed by atoms with E-state index in [9.17, 15) is 19.2 Å². The molecule has 0 N–H and O–H groups in total. The van der Waals surface area contributed by atoms with Crippen molar-refractivity contribution in [3.05, 3.63) is 119 Å². The van der Waals surface area contributed by atoms with Crippen LogP contribution in [0.25, 0.3) is 0 Å². The van der Waals surface area contributed by atoms with Gasteiger partial charge in [0.05, 0.1) is 29.5 Å². The van der Waals surface area contributed by atoms with Gasteiger partial charge in [0.15, 0.2) is 6.10 Å². The topological polar surface area (TPSA) is 90.0 Å². The number of hydrogen-bond acceptors (Lipinski definition) is 7. The lowest BCUT2D eigenvalue weighted by atomic mass is 10.1. The second-order valence-corrected chi connectivity index (χ2v) is 10.4. The Kier molecular flexibility index (Phi) is 7.53. The van der Waals surface area contributed by atoms with Crippen molar-refractivity contribution in [2.24, 2.45) is 0 Å². The number of hydrogen-bond donors (Lipinski definition) is 0. The third-order valence-corrected chi connectivity index (χ3v) is 7.52. The molecule has 8 heteroatoms. The molecule has 40 heavy (non-hydrogen) atoms. The Labute approximate surface area is 235 Å². The minimum atomic E-state index is -1.06. The fourth-order valence-corrected chi connectivity index (χ4v) is 5.10. The number of aryl methyl sites for hydroxylation is 1. The van der Waals surface area contributed by atoms with Gasteiger partial charge in [0.1, 0.15) is 5.75 Å². The molecule has 1 aliphatic heterocycles. The van der Waals surface area contributed by atoms with E-state index in [1.807, 2.05) is 43.3 Å². The molecule has 5 rings (SSSR count). The summed E-state index contributed by atoms with van der Waals surface area (Å²) in [7, 11) is 1.53. The number of ether oxygens (including phenoxy) is 2. The SMILES string of the molecule is COc1ccc(C(=O)C(C)OC(=O)c2ccc3c(c2)C(=O)N(c2ccc(Sc4ccc(C)cc4)cc2)C3=O)cc1. The van der Waals surface area contributed by atoms with Crippen molar-refractivity contribution in [1.29, 1.82) is 0 Å². The van der Waals surface area contributed by atoms with E-state index in [1.165, 1.54) is 37.8 Å². The molecule has 0 saturated heterocycles. The molecule has 0 aromatic heterocycles. The van der Waals surface area contributed by atoms with E-state index in [1.54, 1.807) is 48.2 Å². The zero-order valence-electron chi connectivity index (χ0n) is 22.0. The first-order valence-corrected chi connectivity index (χ1v) is 13.3. The van der Waals surface area contributed by atoms with Gasteiger partial charge in [-0.1, -0.05) is 29.5 Å². The van der Waals surface area contributed by atoms with Crippen molar-refractivity contribution in [1.82, 2.24) is 0 Å². The van der Waals surface area contributed by atoms with Gasteiger partial charge in [0, 0.05) is 15.4 Å². The van der Waals surface area contributed by atoms with E-state index < -0.39 is 23.9 Å². The van der Waals surface area contributed by atoms with Crippen molar-refractivity contribution < 1.29 is 28.7 Å². The maximum atomic E-state index is 13.2. The first-order valence-electron chi connectivity index (χ1n) is 12.5. The Bertz CT molecular complexity index is 1610. The van der Waals surface area contributed by atoms with Gasteiger partial charge in [-0.05, 0) is 92.7 Å². The number of ketones is 1. The Morgan fingerprint density at radius 2 is 1.32 bits per heavy atom. The summed E-state index contributed by atoms with van der Waals surface area (Å²) in [5.41, 5.74) is 2.35. The molecule has 1 heterocycles. The molecule has 1 atom stereocenters. The van der Waals surface area contributed by atoms with Crippen LogP contribution < -0.4 is 9.64 Å². The highest BCUT2D eigenvalue weighted by Gasteiger charge is 2.37. The number of fused-ring (bicyclic) bond motifs is 1. The number of Topliss-reactive ketones (excluding diaryl/α,β-unsaturated/α-hetero) is 1. The lowest BCUT2D eigenvalue weighted by Crippen LogP contribution is -2.29. The molecule has 1 aliphatic rings. The maximum Gasteiger partial charge on any atom is 0.338 e. The Morgan fingerprint density at radius 3 is 1.95 bits per heavy atom. The molecule has 4 aromatic carbocycles. The molecule has 0 bridgehead atoms. The standard InChI is InChI=1S/C32H25NO6S/c1-19-4-13-25(14-5-19)40-26-15-9-23(10-16-26)33-30(35)27-17-8-22(18-28(27)31(33)36)32(37)39-20(2)29(34)21-6-11-24(38-3)12-7-21/h4-18,20H,1-3H3. The number of rotatable bonds is 8. The molecule has 2 amide bonds. The lowest BCUT2D eigenvalue weighted by molar-refractivity contribution is 0.0318. The van der Waals surface area contributed by atoms with E-state index in [0.29, 0.717) is 17.0 Å². The van der Waals surface area contributed by atoms with E-state index in [-0.39, 0.29) is 22.5 Å². The van der Waals surface area contributed by atoms with Crippen molar-refractivity contribution in [3.8, 4) is 5.75 Å². The first-order chi connectivity index (χ1) is 19.2. The van der Waals surface area contributed by atoms with Crippen molar-refractivity contribution >= 4 is 41.0 Å². The Morgan fingerprint density at radius 1 is 0.750 bits per heavy atom. The van der Waals surface area contributed by atoms with Gasteiger partial charge >= 0.3 is 5.97 Å². The van der Waals surface area contributed by atoms with Crippen LogP contribution in [0.5, 0.6) is 5.75 Å². The highest BCUT2D eigenvalue weighted by Crippen LogP contribution is 2.33. The van der Waals surface area contributed by atoms with Gasteiger partial charge < -0.3 is 9.47 Å². The van der Waals surface area contributed by atoms with Gasteiger partial charge in [-0.2, -0.15) is 0 Å². The number of amides is 2. The molecule has 0 saturated carbocycles. The van der Waals surface area contributed by atoms with E-state index in [4.69, 9.17) is 9.47 Å². The van der Waals surface area contributed by atoms with Gasteiger partial charge in [-0.15, -0.1) is 0 Å². The van der Waals surface area contributed by atoms with Crippen LogP contribution in [0.1, 0.15) is 53.9 Å². The normalized spacial score (nSPS) is 13.1. The molecule has 0 fully saturated rings. The molecular weight excluding hydrogens is 526 g/mol. The summed E-state index contributed by atoms with van der Waals surface area (Å²) >= 11 is 1.58. The summed E-state index contributed by atoms with van der Waals surface area (Å²) in [5.74, 6) is -1.55. The number of carbonyl (C=O) groups is 4. The Balaban J connectivity index is 1.28. The van der Waals surface area contributed by atoms with Crippen LogP contribution in [0, 0.1) is 6.92 Å². The van der Waals surface area contributed by atoms with Gasteiger partial charge in [-0.25, -0.2) is 9.69 Å². The maximum absolute atomic E-state index is 13.2. The van der Waals surface area contributed by atoms with E-state index >= 15 is 0 Å².